The zero-order chi connectivity index (χ0) is 13.9. The Morgan fingerprint density at radius 3 is 2.44 bits per heavy atom. The standard InChI is InChI=1S/C14H22N2O2/c1-14(2,3)12(15)13(18)16(4)9-10-7-5-6-8-11(10)17/h5-8,12,17H,9,15H2,1-4H3/t12-/m1/s1. The molecule has 1 atom stereocenters. The number of phenols is 1. The van der Waals surface area contributed by atoms with Gasteiger partial charge in [-0.05, 0) is 11.5 Å². The Labute approximate surface area is 108 Å². The summed E-state index contributed by atoms with van der Waals surface area (Å²) >= 11 is 0. The molecule has 18 heavy (non-hydrogen) atoms. The van der Waals surface area contributed by atoms with E-state index in [1.54, 1.807) is 30.1 Å². The van der Waals surface area contributed by atoms with Crippen molar-refractivity contribution in [1.29, 1.82) is 0 Å². The van der Waals surface area contributed by atoms with Crippen LogP contribution in [0.15, 0.2) is 24.3 Å². The molecule has 0 saturated carbocycles. The summed E-state index contributed by atoms with van der Waals surface area (Å²) in [5, 5.41) is 9.67. The number of amides is 1. The van der Waals surface area contributed by atoms with Gasteiger partial charge >= 0.3 is 0 Å². The van der Waals surface area contributed by atoms with Crippen LogP contribution in [0.25, 0.3) is 0 Å². The summed E-state index contributed by atoms with van der Waals surface area (Å²) in [6.45, 7) is 6.16. The molecule has 0 aromatic heterocycles. The molecule has 4 heteroatoms. The lowest BCUT2D eigenvalue weighted by atomic mass is 9.86. The summed E-state index contributed by atoms with van der Waals surface area (Å²) in [4.78, 5) is 13.7. The van der Waals surface area contributed by atoms with Gasteiger partial charge in [-0.25, -0.2) is 0 Å². The second-order valence-corrected chi connectivity index (χ2v) is 5.67. The van der Waals surface area contributed by atoms with Crippen LogP contribution in [-0.2, 0) is 11.3 Å². The average molecular weight is 250 g/mol. The first-order chi connectivity index (χ1) is 8.23. The Kier molecular flexibility index (Phi) is 4.35. The summed E-state index contributed by atoms with van der Waals surface area (Å²) in [5.41, 5.74) is 6.38. The number of aromatic hydroxyl groups is 1. The summed E-state index contributed by atoms with van der Waals surface area (Å²) in [7, 11) is 1.69. The van der Waals surface area contributed by atoms with Gasteiger partial charge in [0.1, 0.15) is 5.75 Å². The molecule has 0 bridgehead atoms. The molecule has 1 rings (SSSR count). The monoisotopic (exact) mass is 250 g/mol. The molecule has 1 aromatic rings. The number of hydrogen-bond donors (Lipinski definition) is 2. The van der Waals surface area contributed by atoms with E-state index in [0.717, 1.165) is 5.56 Å². The smallest absolute Gasteiger partial charge is 0.240 e. The number of rotatable bonds is 3. The fraction of sp³-hybridized carbons (Fsp3) is 0.500. The molecular formula is C14H22N2O2. The van der Waals surface area contributed by atoms with E-state index in [4.69, 9.17) is 5.73 Å². The third kappa shape index (κ3) is 3.47. The summed E-state index contributed by atoms with van der Waals surface area (Å²) in [5.74, 6) is 0.0761. The minimum Gasteiger partial charge on any atom is -0.508 e. The topological polar surface area (TPSA) is 66.6 Å². The molecule has 0 aliphatic rings. The SMILES string of the molecule is CN(Cc1ccccc1O)C(=O)[C@@H](N)C(C)(C)C. The molecule has 0 fully saturated rings. The van der Waals surface area contributed by atoms with E-state index in [1.807, 2.05) is 26.8 Å². The van der Waals surface area contributed by atoms with Crippen LogP contribution in [0.4, 0.5) is 0 Å². The molecule has 1 aromatic carbocycles. The maximum Gasteiger partial charge on any atom is 0.240 e. The van der Waals surface area contributed by atoms with Crippen molar-refractivity contribution in [2.24, 2.45) is 11.1 Å². The van der Waals surface area contributed by atoms with Crippen molar-refractivity contribution < 1.29 is 9.90 Å². The molecule has 0 heterocycles. The molecule has 4 nitrogen and oxygen atoms in total. The molecule has 100 valence electrons. The molecule has 0 aliphatic heterocycles. The van der Waals surface area contributed by atoms with Crippen molar-refractivity contribution in [3.8, 4) is 5.75 Å². The third-order valence-electron chi connectivity index (χ3n) is 2.97. The Bertz CT molecular complexity index is 424. The number of para-hydroxylation sites is 1. The first kappa shape index (κ1) is 14.5. The summed E-state index contributed by atoms with van der Waals surface area (Å²) in [6.07, 6.45) is 0. The maximum absolute atomic E-state index is 12.1. The van der Waals surface area contributed by atoms with Gasteiger partial charge < -0.3 is 15.7 Å². The van der Waals surface area contributed by atoms with Gasteiger partial charge in [0.15, 0.2) is 0 Å². The van der Waals surface area contributed by atoms with E-state index in [0.29, 0.717) is 6.54 Å². The number of carbonyl (C=O) groups excluding carboxylic acids is 1. The third-order valence-corrected chi connectivity index (χ3v) is 2.97. The Morgan fingerprint density at radius 1 is 1.39 bits per heavy atom. The fourth-order valence-electron chi connectivity index (χ4n) is 1.59. The van der Waals surface area contributed by atoms with Crippen LogP contribution >= 0.6 is 0 Å². The van der Waals surface area contributed by atoms with Crippen molar-refractivity contribution in [2.45, 2.75) is 33.4 Å². The molecule has 0 unspecified atom stereocenters. The molecule has 0 aliphatic carbocycles. The van der Waals surface area contributed by atoms with Crippen molar-refractivity contribution in [3.05, 3.63) is 29.8 Å². The van der Waals surface area contributed by atoms with E-state index in [1.165, 1.54) is 0 Å². The summed E-state index contributed by atoms with van der Waals surface area (Å²) < 4.78 is 0. The van der Waals surface area contributed by atoms with Crippen molar-refractivity contribution in [1.82, 2.24) is 4.90 Å². The van der Waals surface area contributed by atoms with Crippen LogP contribution in [0.3, 0.4) is 0 Å². The number of likely N-dealkylation sites (N-methyl/N-ethyl adjacent to an activating group) is 1. The summed E-state index contributed by atoms with van der Waals surface area (Å²) in [6, 6.07) is 6.44. The first-order valence-corrected chi connectivity index (χ1v) is 6.01. The fourth-order valence-corrected chi connectivity index (χ4v) is 1.59. The molecule has 0 radical (unpaired) electrons. The zero-order valence-electron chi connectivity index (χ0n) is 11.5. The van der Waals surface area contributed by atoms with Crippen LogP contribution in [0, 0.1) is 5.41 Å². The number of hydrogen-bond acceptors (Lipinski definition) is 3. The molecule has 0 spiro atoms. The lowest BCUT2D eigenvalue weighted by molar-refractivity contribution is -0.134. The van der Waals surface area contributed by atoms with Gasteiger partial charge in [0, 0.05) is 19.2 Å². The van der Waals surface area contributed by atoms with E-state index in [2.05, 4.69) is 0 Å². The predicted molar refractivity (Wildman–Crippen MR) is 72.0 cm³/mol. The van der Waals surface area contributed by atoms with Gasteiger partial charge in [0.05, 0.1) is 6.04 Å². The number of nitrogens with zero attached hydrogens (tertiary/aromatic N) is 1. The average Bonchev–Trinajstić information content (AvgIpc) is 2.29. The lowest BCUT2D eigenvalue weighted by Gasteiger charge is -2.30. The number of phenolic OH excluding ortho intramolecular Hbond substituents is 1. The van der Waals surface area contributed by atoms with E-state index >= 15 is 0 Å². The van der Waals surface area contributed by atoms with E-state index in [9.17, 15) is 9.90 Å². The van der Waals surface area contributed by atoms with Crippen LogP contribution < -0.4 is 5.73 Å². The zero-order valence-corrected chi connectivity index (χ0v) is 11.5. The second kappa shape index (κ2) is 5.40. The Morgan fingerprint density at radius 2 is 1.94 bits per heavy atom. The number of nitrogens with two attached hydrogens (primary N) is 1. The Balaban J connectivity index is 2.75. The van der Waals surface area contributed by atoms with Gasteiger partial charge in [0.2, 0.25) is 5.91 Å². The highest BCUT2D eigenvalue weighted by Gasteiger charge is 2.29. The van der Waals surface area contributed by atoms with Crippen molar-refractivity contribution in [3.63, 3.8) is 0 Å². The normalized spacial score (nSPS) is 13.2. The molecule has 0 saturated heterocycles. The first-order valence-electron chi connectivity index (χ1n) is 6.01. The molecular weight excluding hydrogens is 228 g/mol. The van der Waals surface area contributed by atoms with Crippen LogP contribution in [0.2, 0.25) is 0 Å². The van der Waals surface area contributed by atoms with Gasteiger partial charge in [-0.3, -0.25) is 4.79 Å². The largest absolute Gasteiger partial charge is 0.508 e. The quantitative estimate of drug-likeness (QED) is 0.858. The maximum atomic E-state index is 12.1. The van der Waals surface area contributed by atoms with Gasteiger partial charge in [-0.15, -0.1) is 0 Å². The van der Waals surface area contributed by atoms with E-state index < -0.39 is 6.04 Å². The van der Waals surface area contributed by atoms with Crippen LogP contribution in [-0.4, -0.2) is 29.0 Å². The second-order valence-electron chi connectivity index (χ2n) is 5.67. The highest BCUT2D eigenvalue weighted by atomic mass is 16.3. The van der Waals surface area contributed by atoms with Gasteiger partial charge in [0.25, 0.3) is 0 Å². The van der Waals surface area contributed by atoms with Gasteiger partial charge in [-0.2, -0.15) is 0 Å². The highest BCUT2D eigenvalue weighted by Crippen LogP contribution is 2.21. The molecule has 3 N–H and O–H groups in total. The van der Waals surface area contributed by atoms with Gasteiger partial charge in [-0.1, -0.05) is 39.0 Å². The predicted octanol–water partition coefficient (Wildman–Crippen LogP) is 1.72. The number of benzene rings is 1. The van der Waals surface area contributed by atoms with Crippen molar-refractivity contribution in [2.75, 3.05) is 7.05 Å². The molecule has 1 amide bonds. The van der Waals surface area contributed by atoms with E-state index in [-0.39, 0.29) is 17.1 Å². The van der Waals surface area contributed by atoms with Crippen molar-refractivity contribution >= 4 is 5.91 Å². The van der Waals surface area contributed by atoms with Crippen LogP contribution in [0.1, 0.15) is 26.3 Å². The highest BCUT2D eigenvalue weighted by molar-refractivity contribution is 5.82. The Hall–Kier alpha value is -1.55. The minimum absolute atomic E-state index is 0.120. The van der Waals surface area contributed by atoms with Crippen LogP contribution in [0.5, 0.6) is 5.75 Å². The minimum atomic E-state index is -0.548. The lowest BCUT2D eigenvalue weighted by Crippen LogP contribution is -2.48. The number of carbonyl (C=O) groups is 1.